The highest BCUT2D eigenvalue weighted by Gasteiger charge is 2.30. The maximum atomic E-state index is 12.4. The lowest BCUT2D eigenvalue weighted by Gasteiger charge is -2.19. The zero-order valence-electron chi connectivity index (χ0n) is 13.3. The number of rotatable bonds is 5. The van der Waals surface area contributed by atoms with Gasteiger partial charge in [0.05, 0.1) is 26.4 Å². The molecule has 126 valence electrons. The molecule has 3 rings (SSSR count). The lowest BCUT2D eigenvalue weighted by Crippen LogP contribution is -2.41. The molecule has 0 aliphatic carbocycles. The number of methoxy groups -OCH3 is 1. The number of ether oxygens (including phenoxy) is 2. The van der Waals surface area contributed by atoms with E-state index >= 15 is 0 Å². The maximum absolute atomic E-state index is 12.4. The second kappa shape index (κ2) is 7.27. The zero-order chi connectivity index (χ0) is 16.9. The van der Waals surface area contributed by atoms with Crippen LogP contribution in [-0.2, 0) is 11.2 Å². The summed E-state index contributed by atoms with van der Waals surface area (Å²) in [6.45, 7) is 1.05. The van der Waals surface area contributed by atoms with Crippen LogP contribution in [0.15, 0.2) is 41.6 Å². The normalized spacial score (nSPS) is 19.9. The Hall–Kier alpha value is -2.67. The van der Waals surface area contributed by atoms with Crippen LogP contribution in [0.2, 0.25) is 0 Å². The fraction of sp³-hybridized carbons (Fsp3) is 0.353. The van der Waals surface area contributed by atoms with Crippen molar-refractivity contribution in [3.63, 3.8) is 0 Å². The van der Waals surface area contributed by atoms with Crippen molar-refractivity contribution >= 4 is 5.91 Å². The third-order valence-corrected chi connectivity index (χ3v) is 4.10. The Labute approximate surface area is 139 Å². The summed E-state index contributed by atoms with van der Waals surface area (Å²) in [4.78, 5) is 30.9. The molecule has 0 spiro atoms. The molecule has 3 heterocycles. The molecule has 24 heavy (non-hydrogen) atoms. The first kappa shape index (κ1) is 16.2. The predicted octanol–water partition coefficient (Wildman–Crippen LogP) is 0.766. The number of aromatic nitrogens is 2. The van der Waals surface area contributed by atoms with E-state index in [-0.39, 0.29) is 34.7 Å². The molecule has 7 heteroatoms. The number of carbonyl (C=O) groups excluding carboxylic acids is 1. The van der Waals surface area contributed by atoms with E-state index in [0.29, 0.717) is 13.2 Å². The van der Waals surface area contributed by atoms with E-state index in [1.165, 1.54) is 19.4 Å². The fourth-order valence-electron chi connectivity index (χ4n) is 2.78. The molecular weight excluding hydrogens is 310 g/mol. The quantitative estimate of drug-likeness (QED) is 0.845. The van der Waals surface area contributed by atoms with Gasteiger partial charge in [-0.1, -0.05) is 0 Å². The molecule has 0 unspecified atom stereocenters. The fourth-order valence-corrected chi connectivity index (χ4v) is 2.78. The average Bonchev–Trinajstić information content (AvgIpc) is 3.02. The van der Waals surface area contributed by atoms with Gasteiger partial charge in [0.25, 0.3) is 5.91 Å². The molecule has 0 saturated carbocycles. The van der Waals surface area contributed by atoms with Gasteiger partial charge >= 0.3 is 0 Å². The van der Waals surface area contributed by atoms with E-state index in [2.05, 4.69) is 15.3 Å². The van der Waals surface area contributed by atoms with Gasteiger partial charge < -0.3 is 19.8 Å². The summed E-state index contributed by atoms with van der Waals surface area (Å²) in [7, 11) is 1.41. The monoisotopic (exact) mass is 329 g/mol. The van der Waals surface area contributed by atoms with Gasteiger partial charge in [-0.2, -0.15) is 0 Å². The van der Waals surface area contributed by atoms with Crippen LogP contribution in [0.3, 0.4) is 0 Å². The minimum Gasteiger partial charge on any atom is -0.491 e. The van der Waals surface area contributed by atoms with Crippen LogP contribution in [0.1, 0.15) is 16.1 Å². The Morgan fingerprint density at radius 1 is 1.42 bits per heavy atom. The molecule has 0 aromatic carbocycles. The van der Waals surface area contributed by atoms with Gasteiger partial charge in [-0.15, -0.1) is 0 Å². The summed E-state index contributed by atoms with van der Waals surface area (Å²) in [5, 5.41) is 2.94. The minimum atomic E-state index is -0.336. The van der Waals surface area contributed by atoms with Gasteiger partial charge in [0.1, 0.15) is 5.69 Å². The highest BCUT2D eigenvalue weighted by Crippen LogP contribution is 2.19. The van der Waals surface area contributed by atoms with E-state index in [9.17, 15) is 9.59 Å². The Kier molecular flexibility index (Phi) is 4.90. The van der Waals surface area contributed by atoms with Gasteiger partial charge in [-0.05, 0) is 24.1 Å². The Morgan fingerprint density at radius 2 is 2.21 bits per heavy atom. The summed E-state index contributed by atoms with van der Waals surface area (Å²) >= 11 is 0. The summed E-state index contributed by atoms with van der Waals surface area (Å²) < 4.78 is 10.4. The molecule has 1 amide bonds. The lowest BCUT2D eigenvalue weighted by molar-refractivity contribution is 0.0920. The Morgan fingerprint density at radius 3 is 2.92 bits per heavy atom. The number of aromatic amines is 1. The molecule has 2 N–H and O–H groups in total. The highest BCUT2D eigenvalue weighted by atomic mass is 16.5. The number of carbonyl (C=O) groups is 1. The average molecular weight is 329 g/mol. The number of H-pyrrole nitrogens is 1. The Balaban J connectivity index is 1.67. The van der Waals surface area contributed by atoms with E-state index in [0.717, 1.165) is 12.0 Å². The molecule has 2 aromatic heterocycles. The van der Waals surface area contributed by atoms with E-state index in [1.807, 2.05) is 12.1 Å². The first-order valence-electron chi connectivity index (χ1n) is 7.71. The Bertz CT molecular complexity index is 760. The smallest absolute Gasteiger partial charge is 0.268 e. The summed E-state index contributed by atoms with van der Waals surface area (Å²) in [5.74, 6) is 0.0256. The minimum absolute atomic E-state index is 0.101. The van der Waals surface area contributed by atoms with Crippen molar-refractivity contribution in [1.29, 1.82) is 0 Å². The van der Waals surface area contributed by atoms with Crippen LogP contribution in [0, 0.1) is 5.92 Å². The molecule has 1 aliphatic rings. The second-order valence-electron chi connectivity index (χ2n) is 5.72. The molecule has 2 atom stereocenters. The summed E-state index contributed by atoms with van der Waals surface area (Å²) in [6.07, 6.45) is 5.69. The van der Waals surface area contributed by atoms with Gasteiger partial charge in [0.2, 0.25) is 5.43 Å². The molecular formula is C17H19N3O4. The van der Waals surface area contributed by atoms with E-state index in [4.69, 9.17) is 9.47 Å². The van der Waals surface area contributed by atoms with Crippen LogP contribution in [-0.4, -0.2) is 42.2 Å². The first-order valence-corrected chi connectivity index (χ1v) is 7.71. The van der Waals surface area contributed by atoms with Crippen molar-refractivity contribution in [2.75, 3.05) is 20.3 Å². The van der Waals surface area contributed by atoms with E-state index < -0.39 is 0 Å². The molecule has 1 fully saturated rings. The van der Waals surface area contributed by atoms with Crippen LogP contribution in [0.25, 0.3) is 0 Å². The maximum Gasteiger partial charge on any atom is 0.268 e. The van der Waals surface area contributed by atoms with Crippen LogP contribution < -0.4 is 15.5 Å². The highest BCUT2D eigenvalue weighted by molar-refractivity contribution is 5.92. The van der Waals surface area contributed by atoms with Crippen LogP contribution in [0.4, 0.5) is 0 Å². The second-order valence-corrected chi connectivity index (χ2v) is 5.72. The van der Waals surface area contributed by atoms with Crippen molar-refractivity contribution in [3.8, 4) is 5.75 Å². The number of amides is 1. The van der Waals surface area contributed by atoms with Crippen molar-refractivity contribution in [3.05, 3.63) is 58.3 Å². The van der Waals surface area contributed by atoms with Crippen LogP contribution >= 0.6 is 0 Å². The molecule has 2 aromatic rings. The van der Waals surface area contributed by atoms with E-state index in [1.54, 1.807) is 12.4 Å². The number of hydrogen-bond acceptors (Lipinski definition) is 5. The largest absolute Gasteiger partial charge is 0.491 e. The number of nitrogens with one attached hydrogen (secondary N) is 2. The van der Waals surface area contributed by atoms with Crippen molar-refractivity contribution in [1.82, 2.24) is 15.3 Å². The van der Waals surface area contributed by atoms with Gasteiger partial charge in [0, 0.05) is 30.6 Å². The molecule has 0 radical (unpaired) electrons. The summed E-state index contributed by atoms with van der Waals surface area (Å²) in [5.41, 5.74) is 1.02. The SMILES string of the molecule is COc1c[nH]c(C(=O)N[C@@H]2COC[C@H]2Cc2ccncc2)cc1=O. The number of pyridine rings is 2. The van der Waals surface area contributed by atoms with Crippen molar-refractivity contribution in [2.24, 2.45) is 5.92 Å². The molecule has 1 aliphatic heterocycles. The standard InChI is InChI=1S/C17H19N3O4/c1-23-16-8-19-13(7-15(16)21)17(22)20-14-10-24-9-12(14)6-11-2-4-18-5-3-11/h2-5,7-8,12,14H,6,9-10H2,1H3,(H,19,21)(H,20,22)/t12-,14-/m1/s1. The molecule has 0 bridgehead atoms. The van der Waals surface area contributed by atoms with Gasteiger partial charge in [-0.25, -0.2) is 0 Å². The first-order chi connectivity index (χ1) is 11.7. The molecule has 1 saturated heterocycles. The zero-order valence-corrected chi connectivity index (χ0v) is 13.3. The van der Waals surface area contributed by atoms with Crippen LogP contribution in [0.5, 0.6) is 5.75 Å². The van der Waals surface area contributed by atoms with Gasteiger partial charge in [0.15, 0.2) is 5.75 Å². The van der Waals surface area contributed by atoms with Gasteiger partial charge in [-0.3, -0.25) is 14.6 Å². The third kappa shape index (κ3) is 3.62. The number of nitrogens with zero attached hydrogens (tertiary/aromatic N) is 1. The topological polar surface area (TPSA) is 93.3 Å². The number of hydrogen-bond donors (Lipinski definition) is 2. The third-order valence-electron chi connectivity index (χ3n) is 4.10. The summed E-state index contributed by atoms with van der Waals surface area (Å²) in [6, 6.07) is 5.05. The lowest BCUT2D eigenvalue weighted by atomic mass is 9.95. The molecule has 7 nitrogen and oxygen atoms in total. The van der Waals surface area contributed by atoms with Crippen molar-refractivity contribution in [2.45, 2.75) is 12.5 Å². The predicted molar refractivity (Wildman–Crippen MR) is 87.1 cm³/mol. The van der Waals surface area contributed by atoms with Crippen molar-refractivity contribution < 1.29 is 14.3 Å².